The van der Waals surface area contributed by atoms with Crippen molar-refractivity contribution >= 4 is 34.3 Å². The van der Waals surface area contributed by atoms with E-state index in [9.17, 15) is 0 Å². The number of nitrogens with one attached hydrogen (secondary N) is 3. The van der Waals surface area contributed by atoms with Gasteiger partial charge < -0.3 is 20.7 Å². The molecule has 33 heavy (non-hydrogen) atoms. The highest BCUT2D eigenvalue weighted by Crippen LogP contribution is 2.27. The molecular formula is C24H30ClN7O. The van der Waals surface area contributed by atoms with Crippen LogP contribution in [-0.4, -0.2) is 52.3 Å². The Balaban J connectivity index is 1.03. The number of anilines is 2. The van der Waals surface area contributed by atoms with E-state index in [-0.39, 0.29) is 0 Å². The lowest BCUT2D eigenvalue weighted by molar-refractivity contribution is -0.0307. The zero-order chi connectivity index (χ0) is 22.5. The van der Waals surface area contributed by atoms with E-state index in [4.69, 9.17) is 16.3 Å². The van der Waals surface area contributed by atoms with E-state index in [2.05, 4.69) is 35.9 Å². The molecule has 3 aromatic rings. The summed E-state index contributed by atoms with van der Waals surface area (Å²) in [6.45, 7) is 4.43. The number of nitrogens with zero attached hydrogens (tertiary/aromatic N) is 4. The molecule has 0 unspecified atom stereocenters. The maximum absolute atomic E-state index is 6.20. The zero-order valence-corrected chi connectivity index (χ0v) is 19.4. The van der Waals surface area contributed by atoms with E-state index in [1.165, 1.54) is 0 Å². The van der Waals surface area contributed by atoms with Gasteiger partial charge in [-0.15, -0.1) is 0 Å². The second kappa shape index (κ2) is 10.6. The quantitative estimate of drug-likeness (QED) is 0.408. The van der Waals surface area contributed by atoms with Crippen molar-refractivity contribution in [3.05, 3.63) is 47.5 Å². The summed E-state index contributed by atoms with van der Waals surface area (Å²) in [7, 11) is 0. The molecule has 3 N–H and O–H groups in total. The largest absolute Gasteiger partial charge is 0.381 e. The first kappa shape index (κ1) is 22.3. The summed E-state index contributed by atoms with van der Waals surface area (Å²) in [4.78, 5) is 17.7. The number of hydrogen-bond donors (Lipinski definition) is 3. The number of halogens is 1. The van der Waals surface area contributed by atoms with Crippen molar-refractivity contribution in [2.45, 2.75) is 38.3 Å². The maximum Gasteiger partial charge on any atom is 0.222 e. The van der Waals surface area contributed by atoms with Crippen LogP contribution in [0.2, 0.25) is 5.15 Å². The fraction of sp³-hybridized carbons (Fsp3) is 0.500. The molecule has 0 amide bonds. The molecule has 0 bridgehead atoms. The van der Waals surface area contributed by atoms with E-state index < -0.39 is 0 Å². The predicted octanol–water partition coefficient (Wildman–Crippen LogP) is 3.89. The first-order valence-electron chi connectivity index (χ1n) is 11.7. The molecule has 1 saturated heterocycles. The minimum absolute atomic E-state index is 0.427. The Morgan fingerprint density at radius 3 is 2.52 bits per heavy atom. The lowest BCUT2D eigenvalue weighted by Crippen LogP contribution is -2.36. The Hall–Kier alpha value is -2.55. The zero-order valence-electron chi connectivity index (χ0n) is 18.6. The minimum Gasteiger partial charge on any atom is -0.381 e. The van der Waals surface area contributed by atoms with Gasteiger partial charge in [0.25, 0.3) is 0 Å². The van der Waals surface area contributed by atoms with Crippen molar-refractivity contribution in [1.82, 2.24) is 25.3 Å². The molecule has 4 heterocycles. The second-order valence-corrected chi connectivity index (χ2v) is 9.42. The number of fused-ring (bicyclic) bond motifs is 1. The van der Waals surface area contributed by atoms with Crippen molar-refractivity contribution in [2.24, 2.45) is 11.8 Å². The summed E-state index contributed by atoms with van der Waals surface area (Å²) >= 11 is 6.20. The predicted molar refractivity (Wildman–Crippen MR) is 130 cm³/mol. The van der Waals surface area contributed by atoms with Gasteiger partial charge in [0.15, 0.2) is 5.15 Å². The van der Waals surface area contributed by atoms with Crippen LogP contribution >= 0.6 is 11.6 Å². The van der Waals surface area contributed by atoms with Gasteiger partial charge in [-0.3, -0.25) is 0 Å². The molecule has 0 atom stereocenters. The van der Waals surface area contributed by atoms with Crippen molar-refractivity contribution in [1.29, 1.82) is 0 Å². The number of pyridine rings is 2. The summed E-state index contributed by atoms with van der Waals surface area (Å²) < 4.78 is 5.19. The SMILES string of the molecule is Clc1nccc2ccc(NC3CCC(CNc4ncc(CNCC5COC5)cn4)CC3)nc12. The highest BCUT2D eigenvalue weighted by atomic mass is 35.5. The Morgan fingerprint density at radius 1 is 0.939 bits per heavy atom. The van der Waals surface area contributed by atoms with Gasteiger partial charge in [0.05, 0.1) is 13.2 Å². The van der Waals surface area contributed by atoms with E-state index >= 15 is 0 Å². The molecule has 0 spiro atoms. The van der Waals surface area contributed by atoms with Crippen LogP contribution in [0.1, 0.15) is 31.2 Å². The molecule has 5 rings (SSSR count). The van der Waals surface area contributed by atoms with Crippen molar-refractivity contribution < 1.29 is 4.74 Å². The number of ether oxygens (including phenoxy) is 1. The van der Waals surface area contributed by atoms with Gasteiger partial charge in [0.1, 0.15) is 11.3 Å². The van der Waals surface area contributed by atoms with Crippen LogP contribution in [0.3, 0.4) is 0 Å². The first-order valence-corrected chi connectivity index (χ1v) is 12.1. The molecule has 8 nitrogen and oxygen atoms in total. The molecule has 0 aromatic carbocycles. The van der Waals surface area contributed by atoms with Crippen molar-refractivity contribution in [3.8, 4) is 0 Å². The van der Waals surface area contributed by atoms with Crippen LogP contribution in [0.25, 0.3) is 10.9 Å². The summed E-state index contributed by atoms with van der Waals surface area (Å²) in [6.07, 6.45) is 10.1. The second-order valence-electron chi connectivity index (χ2n) is 9.06. The standard InChI is InChI=1S/C24H30ClN7O/c25-23-22-19(7-8-27-23)3-6-21(32-22)31-20-4-1-16(2-5-20)11-28-24-29-12-17(13-30-24)9-26-10-18-14-33-15-18/h3,6-8,12-13,16,18,20,26H,1-2,4-5,9-11,14-15H2,(H,31,32)(H,28,29,30). The fourth-order valence-electron chi connectivity index (χ4n) is 4.41. The van der Waals surface area contributed by atoms with Gasteiger partial charge in [0, 0.05) is 61.1 Å². The van der Waals surface area contributed by atoms with Gasteiger partial charge in [-0.05, 0) is 49.8 Å². The van der Waals surface area contributed by atoms with Crippen LogP contribution in [0.4, 0.5) is 11.8 Å². The number of aromatic nitrogens is 4. The lowest BCUT2D eigenvalue weighted by Gasteiger charge is -2.29. The summed E-state index contributed by atoms with van der Waals surface area (Å²) in [5, 5.41) is 11.9. The van der Waals surface area contributed by atoms with Crippen LogP contribution in [0.5, 0.6) is 0 Å². The Labute approximate surface area is 198 Å². The van der Waals surface area contributed by atoms with Gasteiger partial charge >= 0.3 is 0 Å². The molecule has 174 valence electrons. The lowest BCUT2D eigenvalue weighted by atomic mass is 9.86. The Morgan fingerprint density at radius 2 is 1.76 bits per heavy atom. The third-order valence-corrected chi connectivity index (χ3v) is 6.76. The molecule has 2 aliphatic rings. The number of hydrogen-bond acceptors (Lipinski definition) is 8. The maximum atomic E-state index is 6.20. The van der Waals surface area contributed by atoms with E-state index in [0.29, 0.717) is 29.0 Å². The third-order valence-electron chi connectivity index (χ3n) is 6.49. The molecule has 3 aromatic heterocycles. The molecule has 9 heteroatoms. The molecule has 1 aliphatic carbocycles. The number of rotatable bonds is 9. The van der Waals surface area contributed by atoms with Crippen LogP contribution in [0.15, 0.2) is 36.8 Å². The van der Waals surface area contributed by atoms with Gasteiger partial charge in [-0.1, -0.05) is 11.6 Å². The highest BCUT2D eigenvalue weighted by Gasteiger charge is 2.22. The summed E-state index contributed by atoms with van der Waals surface area (Å²) in [5.74, 6) is 2.85. The highest BCUT2D eigenvalue weighted by molar-refractivity contribution is 6.33. The van der Waals surface area contributed by atoms with Gasteiger partial charge in [-0.25, -0.2) is 19.9 Å². The average Bonchev–Trinajstić information content (AvgIpc) is 2.81. The monoisotopic (exact) mass is 467 g/mol. The first-order chi connectivity index (χ1) is 16.2. The Bertz CT molecular complexity index is 1050. The normalized spacial score (nSPS) is 21.0. The van der Waals surface area contributed by atoms with E-state index in [1.807, 2.05) is 30.6 Å². The van der Waals surface area contributed by atoms with E-state index in [0.717, 1.165) is 80.8 Å². The van der Waals surface area contributed by atoms with Crippen molar-refractivity contribution in [2.75, 3.05) is 36.9 Å². The Kier molecular flexibility index (Phi) is 7.14. The molecule has 1 saturated carbocycles. The molecular weight excluding hydrogens is 438 g/mol. The molecule has 1 aliphatic heterocycles. The van der Waals surface area contributed by atoms with E-state index in [1.54, 1.807) is 6.20 Å². The van der Waals surface area contributed by atoms with Crippen LogP contribution < -0.4 is 16.0 Å². The topological polar surface area (TPSA) is 96.9 Å². The van der Waals surface area contributed by atoms with Gasteiger partial charge in [-0.2, -0.15) is 0 Å². The summed E-state index contributed by atoms with van der Waals surface area (Å²) in [6, 6.07) is 6.41. The van der Waals surface area contributed by atoms with Crippen LogP contribution in [0, 0.1) is 11.8 Å². The minimum atomic E-state index is 0.427. The van der Waals surface area contributed by atoms with Gasteiger partial charge in [0.2, 0.25) is 5.95 Å². The smallest absolute Gasteiger partial charge is 0.222 e. The van der Waals surface area contributed by atoms with Crippen LogP contribution in [-0.2, 0) is 11.3 Å². The third kappa shape index (κ3) is 5.88. The molecule has 2 fully saturated rings. The molecule has 0 radical (unpaired) electrons. The van der Waals surface area contributed by atoms with Crippen molar-refractivity contribution in [3.63, 3.8) is 0 Å². The summed E-state index contributed by atoms with van der Waals surface area (Å²) in [5.41, 5.74) is 1.85. The fourth-order valence-corrected chi connectivity index (χ4v) is 4.62. The average molecular weight is 468 g/mol.